The normalized spacial score (nSPS) is 19.2. The lowest BCUT2D eigenvalue weighted by molar-refractivity contribution is -0.123. The number of hydrazine groups is 1. The van der Waals surface area contributed by atoms with E-state index < -0.39 is 0 Å². The molecule has 2 unspecified atom stereocenters. The van der Waals surface area contributed by atoms with Crippen molar-refractivity contribution < 1.29 is 14.3 Å². The highest BCUT2D eigenvalue weighted by molar-refractivity contribution is 5.82. The summed E-state index contributed by atoms with van der Waals surface area (Å²) in [4.78, 5) is 12.5. The molecule has 6 nitrogen and oxygen atoms in total. The molecule has 0 radical (unpaired) electrons. The first-order valence-electron chi connectivity index (χ1n) is 8.67. The summed E-state index contributed by atoms with van der Waals surface area (Å²) in [6.07, 6.45) is 0.641. The molecule has 0 saturated carbocycles. The first-order valence-corrected chi connectivity index (χ1v) is 8.67. The zero-order valence-electron chi connectivity index (χ0n) is 15.3. The smallest absolute Gasteiger partial charge is 0.238 e. The minimum Gasteiger partial charge on any atom is -0.497 e. The van der Waals surface area contributed by atoms with Gasteiger partial charge in [0.1, 0.15) is 17.5 Å². The largest absolute Gasteiger partial charge is 0.497 e. The number of methoxy groups -OCH3 is 2. The standard InChI is InChI=1S/C20H25N3O3/c1-13-6-4-5-7-14(13)12-21-20(24)18-11-17(22-23-18)16-9-8-15(25-2)10-19(16)26-3/h4-10,17-18,22-23H,11-12H2,1-3H3,(H,21,24). The van der Waals surface area contributed by atoms with Gasteiger partial charge in [-0.25, -0.2) is 10.9 Å². The average Bonchev–Trinajstić information content (AvgIpc) is 3.16. The molecule has 1 aliphatic heterocycles. The van der Waals surface area contributed by atoms with Crippen molar-refractivity contribution in [2.45, 2.75) is 32.0 Å². The number of carbonyl (C=O) groups excluding carboxylic acids is 1. The van der Waals surface area contributed by atoms with Crippen LogP contribution in [0, 0.1) is 6.92 Å². The molecular formula is C20H25N3O3. The van der Waals surface area contributed by atoms with Gasteiger partial charge in [-0.1, -0.05) is 30.3 Å². The first kappa shape index (κ1) is 18.2. The molecule has 1 saturated heterocycles. The number of hydrogen-bond acceptors (Lipinski definition) is 5. The SMILES string of the molecule is COc1ccc(C2CC(C(=O)NCc3ccccc3C)NN2)c(OC)c1. The van der Waals surface area contributed by atoms with E-state index in [1.807, 2.05) is 49.4 Å². The van der Waals surface area contributed by atoms with Gasteiger partial charge in [0, 0.05) is 18.2 Å². The Labute approximate surface area is 153 Å². The van der Waals surface area contributed by atoms with Crippen LogP contribution in [0.5, 0.6) is 11.5 Å². The van der Waals surface area contributed by atoms with Crippen LogP contribution in [-0.4, -0.2) is 26.2 Å². The molecule has 2 aromatic rings. The molecule has 1 heterocycles. The minimum atomic E-state index is -0.296. The number of nitrogens with one attached hydrogen (secondary N) is 3. The molecule has 3 N–H and O–H groups in total. The van der Waals surface area contributed by atoms with Crippen LogP contribution in [0.3, 0.4) is 0 Å². The van der Waals surface area contributed by atoms with Crippen LogP contribution in [0.15, 0.2) is 42.5 Å². The van der Waals surface area contributed by atoms with Gasteiger partial charge in [-0.15, -0.1) is 0 Å². The Balaban J connectivity index is 1.61. The van der Waals surface area contributed by atoms with Crippen molar-refractivity contribution in [1.82, 2.24) is 16.2 Å². The molecule has 26 heavy (non-hydrogen) atoms. The van der Waals surface area contributed by atoms with Crippen LogP contribution in [-0.2, 0) is 11.3 Å². The molecule has 0 aromatic heterocycles. The van der Waals surface area contributed by atoms with E-state index in [0.717, 1.165) is 22.6 Å². The maximum Gasteiger partial charge on any atom is 0.238 e. The third kappa shape index (κ3) is 3.98. The zero-order valence-corrected chi connectivity index (χ0v) is 15.3. The van der Waals surface area contributed by atoms with E-state index >= 15 is 0 Å². The van der Waals surface area contributed by atoms with Crippen molar-refractivity contribution in [2.75, 3.05) is 14.2 Å². The van der Waals surface area contributed by atoms with E-state index in [2.05, 4.69) is 16.2 Å². The van der Waals surface area contributed by atoms with Crippen LogP contribution >= 0.6 is 0 Å². The van der Waals surface area contributed by atoms with Crippen LogP contribution in [0.25, 0.3) is 0 Å². The van der Waals surface area contributed by atoms with Crippen molar-refractivity contribution in [3.05, 3.63) is 59.2 Å². The fourth-order valence-electron chi connectivity index (χ4n) is 3.15. The van der Waals surface area contributed by atoms with E-state index in [4.69, 9.17) is 9.47 Å². The van der Waals surface area contributed by atoms with Gasteiger partial charge in [-0.05, 0) is 30.5 Å². The van der Waals surface area contributed by atoms with E-state index in [0.29, 0.717) is 13.0 Å². The van der Waals surface area contributed by atoms with Crippen molar-refractivity contribution in [2.24, 2.45) is 0 Å². The highest BCUT2D eigenvalue weighted by Gasteiger charge is 2.31. The lowest BCUT2D eigenvalue weighted by Gasteiger charge is -2.15. The maximum absolute atomic E-state index is 12.5. The lowest BCUT2D eigenvalue weighted by Crippen LogP contribution is -2.42. The third-order valence-electron chi connectivity index (χ3n) is 4.75. The number of aryl methyl sites for hydroxylation is 1. The molecule has 2 atom stereocenters. The number of ether oxygens (including phenoxy) is 2. The first-order chi connectivity index (χ1) is 12.6. The number of hydrogen-bond donors (Lipinski definition) is 3. The predicted molar refractivity (Wildman–Crippen MR) is 100.0 cm³/mol. The molecule has 0 spiro atoms. The fourth-order valence-corrected chi connectivity index (χ4v) is 3.15. The van der Waals surface area contributed by atoms with E-state index in [1.54, 1.807) is 14.2 Å². The summed E-state index contributed by atoms with van der Waals surface area (Å²) < 4.78 is 10.7. The number of amides is 1. The van der Waals surface area contributed by atoms with Crippen molar-refractivity contribution in [3.63, 3.8) is 0 Å². The molecule has 2 aromatic carbocycles. The van der Waals surface area contributed by atoms with Gasteiger partial charge in [-0.2, -0.15) is 0 Å². The summed E-state index contributed by atoms with van der Waals surface area (Å²) in [5.74, 6) is 1.46. The topological polar surface area (TPSA) is 71.6 Å². The number of benzene rings is 2. The van der Waals surface area contributed by atoms with E-state index in [-0.39, 0.29) is 18.0 Å². The summed E-state index contributed by atoms with van der Waals surface area (Å²) in [6.45, 7) is 2.57. The summed E-state index contributed by atoms with van der Waals surface area (Å²) in [5.41, 5.74) is 9.57. The van der Waals surface area contributed by atoms with Gasteiger partial charge in [0.25, 0.3) is 0 Å². The monoisotopic (exact) mass is 355 g/mol. The molecule has 1 fully saturated rings. The van der Waals surface area contributed by atoms with Crippen molar-refractivity contribution >= 4 is 5.91 Å². The Morgan fingerprint density at radius 1 is 1.15 bits per heavy atom. The summed E-state index contributed by atoms with van der Waals surface area (Å²) in [5, 5.41) is 3.01. The molecular weight excluding hydrogens is 330 g/mol. The third-order valence-corrected chi connectivity index (χ3v) is 4.75. The Kier molecular flexibility index (Phi) is 5.75. The molecule has 0 aliphatic carbocycles. The molecule has 1 amide bonds. The number of rotatable bonds is 6. The second kappa shape index (κ2) is 8.21. The number of carbonyl (C=O) groups is 1. The van der Waals surface area contributed by atoms with Gasteiger partial charge in [-0.3, -0.25) is 4.79 Å². The quantitative estimate of drug-likeness (QED) is 0.741. The van der Waals surface area contributed by atoms with Crippen LogP contribution in [0.4, 0.5) is 0 Å². The molecule has 1 aliphatic rings. The highest BCUT2D eigenvalue weighted by Crippen LogP contribution is 2.33. The lowest BCUT2D eigenvalue weighted by atomic mass is 10.0. The Morgan fingerprint density at radius 2 is 1.96 bits per heavy atom. The van der Waals surface area contributed by atoms with Gasteiger partial charge >= 0.3 is 0 Å². The predicted octanol–water partition coefficient (Wildman–Crippen LogP) is 2.24. The van der Waals surface area contributed by atoms with Gasteiger partial charge in [0.15, 0.2) is 0 Å². The Hall–Kier alpha value is -2.57. The molecule has 6 heteroatoms. The molecule has 0 bridgehead atoms. The van der Waals surface area contributed by atoms with Crippen molar-refractivity contribution in [1.29, 1.82) is 0 Å². The molecule has 138 valence electrons. The summed E-state index contributed by atoms with van der Waals surface area (Å²) in [6, 6.07) is 13.5. The van der Waals surface area contributed by atoms with Crippen molar-refractivity contribution in [3.8, 4) is 11.5 Å². The summed E-state index contributed by atoms with van der Waals surface area (Å²) >= 11 is 0. The van der Waals surface area contributed by atoms with Crippen LogP contribution in [0.1, 0.15) is 29.2 Å². The second-order valence-electron chi connectivity index (χ2n) is 6.38. The molecule has 3 rings (SSSR count). The van der Waals surface area contributed by atoms with Gasteiger partial charge < -0.3 is 14.8 Å². The van der Waals surface area contributed by atoms with Crippen LogP contribution < -0.4 is 25.6 Å². The fraction of sp³-hybridized carbons (Fsp3) is 0.350. The second-order valence-corrected chi connectivity index (χ2v) is 6.38. The van der Waals surface area contributed by atoms with Crippen LogP contribution in [0.2, 0.25) is 0 Å². The van der Waals surface area contributed by atoms with E-state index in [1.165, 1.54) is 5.56 Å². The Bertz CT molecular complexity index is 779. The highest BCUT2D eigenvalue weighted by atomic mass is 16.5. The zero-order chi connectivity index (χ0) is 18.5. The summed E-state index contributed by atoms with van der Waals surface area (Å²) in [7, 11) is 3.26. The maximum atomic E-state index is 12.5. The van der Waals surface area contributed by atoms with E-state index in [9.17, 15) is 4.79 Å². The minimum absolute atomic E-state index is 0.00920. The van der Waals surface area contributed by atoms with Gasteiger partial charge in [0.2, 0.25) is 5.91 Å². The average molecular weight is 355 g/mol. The van der Waals surface area contributed by atoms with Gasteiger partial charge in [0.05, 0.1) is 20.3 Å². The Morgan fingerprint density at radius 3 is 2.69 bits per heavy atom.